The summed E-state index contributed by atoms with van der Waals surface area (Å²) in [5, 5.41) is 9.02. The summed E-state index contributed by atoms with van der Waals surface area (Å²) in [5.41, 5.74) is 1.28. The highest BCUT2D eigenvalue weighted by Gasteiger charge is 2.14. The van der Waals surface area contributed by atoms with E-state index in [1.54, 1.807) is 0 Å². The van der Waals surface area contributed by atoms with Crippen LogP contribution in [-0.2, 0) is 5.41 Å². The topological polar surface area (TPSA) is 59.4 Å². The summed E-state index contributed by atoms with van der Waals surface area (Å²) >= 11 is 5.98. The van der Waals surface area contributed by atoms with E-state index in [1.165, 1.54) is 17.8 Å². The SMILES string of the molecule is CC(C)(C)c1ccc(Oc2ncc(C(=O)O)cc2Cl)cc1. The maximum Gasteiger partial charge on any atom is 0.337 e. The molecule has 110 valence electrons. The Balaban J connectivity index is 2.20. The molecule has 0 aliphatic rings. The van der Waals surface area contributed by atoms with Crippen molar-refractivity contribution in [3.63, 3.8) is 0 Å². The van der Waals surface area contributed by atoms with Crippen LogP contribution in [0.15, 0.2) is 36.5 Å². The van der Waals surface area contributed by atoms with Crippen molar-refractivity contribution >= 4 is 17.6 Å². The summed E-state index contributed by atoms with van der Waals surface area (Å²) in [6, 6.07) is 8.95. The van der Waals surface area contributed by atoms with Gasteiger partial charge in [0.2, 0.25) is 5.88 Å². The number of hydrogen-bond acceptors (Lipinski definition) is 3. The van der Waals surface area contributed by atoms with Crippen LogP contribution >= 0.6 is 11.6 Å². The Hall–Kier alpha value is -2.07. The van der Waals surface area contributed by atoms with E-state index in [-0.39, 0.29) is 21.9 Å². The van der Waals surface area contributed by atoms with Crippen molar-refractivity contribution in [1.82, 2.24) is 4.98 Å². The molecule has 2 rings (SSSR count). The summed E-state index contributed by atoms with van der Waals surface area (Å²) in [6.07, 6.45) is 1.22. The Labute approximate surface area is 128 Å². The minimum absolute atomic E-state index is 0.0235. The van der Waals surface area contributed by atoms with Gasteiger partial charge in [0.1, 0.15) is 10.8 Å². The van der Waals surface area contributed by atoms with Crippen LogP contribution in [0.5, 0.6) is 11.6 Å². The Morgan fingerprint density at radius 1 is 1.24 bits per heavy atom. The van der Waals surface area contributed by atoms with Crippen molar-refractivity contribution in [3.05, 3.63) is 52.7 Å². The predicted molar refractivity (Wildman–Crippen MR) is 81.4 cm³/mol. The van der Waals surface area contributed by atoms with Crippen molar-refractivity contribution in [1.29, 1.82) is 0 Å². The van der Waals surface area contributed by atoms with E-state index < -0.39 is 5.97 Å². The molecule has 1 N–H and O–H groups in total. The summed E-state index contributed by atoms with van der Waals surface area (Å²) < 4.78 is 5.58. The lowest BCUT2D eigenvalue weighted by atomic mass is 9.87. The van der Waals surface area contributed by atoms with Gasteiger partial charge in [0, 0.05) is 6.20 Å². The van der Waals surface area contributed by atoms with Gasteiger partial charge in [0.25, 0.3) is 0 Å². The molecule has 1 aromatic carbocycles. The molecule has 0 spiro atoms. The molecule has 0 saturated heterocycles. The number of carbonyl (C=O) groups is 1. The molecular formula is C16H16ClNO3. The smallest absolute Gasteiger partial charge is 0.337 e. The summed E-state index contributed by atoms with van der Waals surface area (Å²) in [7, 11) is 0. The highest BCUT2D eigenvalue weighted by Crippen LogP contribution is 2.29. The lowest BCUT2D eigenvalue weighted by Crippen LogP contribution is -2.10. The number of ether oxygens (including phenoxy) is 1. The zero-order valence-electron chi connectivity index (χ0n) is 12.1. The van der Waals surface area contributed by atoms with Gasteiger partial charge in [0.15, 0.2) is 0 Å². The Bertz CT molecular complexity index is 660. The molecule has 0 saturated carbocycles. The largest absolute Gasteiger partial charge is 0.478 e. The molecule has 0 aliphatic carbocycles. The fraction of sp³-hybridized carbons (Fsp3) is 0.250. The molecule has 21 heavy (non-hydrogen) atoms. The van der Waals surface area contributed by atoms with E-state index in [9.17, 15) is 4.79 Å². The van der Waals surface area contributed by atoms with Gasteiger partial charge in [-0.15, -0.1) is 0 Å². The Morgan fingerprint density at radius 2 is 1.86 bits per heavy atom. The summed E-state index contributed by atoms with van der Waals surface area (Å²) in [4.78, 5) is 14.7. The standard InChI is InChI=1S/C16H16ClNO3/c1-16(2,3)11-4-6-12(7-5-11)21-14-13(17)8-10(9-18-14)15(19)20/h4-9H,1-3H3,(H,19,20). The third-order valence-electron chi connectivity index (χ3n) is 2.99. The van der Waals surface area contributed by atoms with Gasteiger partial charge in [0.05, 0.1) is 5.56 Å². The number of aromatic nitrogens is 1. The second-order valence-electron chi connectivity index (χ2n) is 5.69. The predicted octanol–water partition coefficient (Wildman–Crippen LogP) is 4.52. The van der Waals surface area contributed by atoms with Crippen LogP contribution in [0, 0.1) is 0 Å². The van der Waals surface area contributed by atoms with Crippen molar-refractivity contribution in [2.45, 2.75) is 26.2 Å². The van der Waals surface area contributed by atoms with E-state index in [0.29, 0.717) is 5.75 Å². The number of pyridine rings is 1. The fourth-order valence-corrected chi connectivity index (χ4v) is 1.96. The minimum Gasteiger partial charge on any atom is -0.478 e. The number of aromatic carboxylic acids is 1. The maximum absolute atomic E-state index is 10.8. The van der Waals surface area contributed by atoms with E-state index in [0.717, 1.165) is 0 Å². The van der Waals surface area contributed by atoms with Gasteiger partial charge in [-0.1, -0.05) is 44.5 Å². The van der Waals surface area contributed by atoms with Crippen molar-refractivity contribution in [2.24, 2.45) is 0 Å². The van der Waals surface area contributed by atoms with Crippen molar-refractivity contribution in [2.75, 3.05) is 0 Å². The Morgan fingerprint density at radius 3 is 2.33 bits per heavy atom. The summed E-state index contributed by atoms with van der Waals surface area (Å²) in [5.74, 6) is -0.295. The van der Waals surface area contributed by atoms with Crippen LogP contribution < -0.4 is 4.74 Å². The number of benzene rings is 1. The molecule has 0 aliphatic heterocycles. The average molecular weight is 306 g/mol. The van der Waals surface area contributed by atoms with Gasteiger partial charge in [-0.3, -0.25) is 0 Å². The van der Waals surface area contributed by atoms with Crippen LogP contribution in [0.2, 0.25) is 5.02 Å². The summed E-state index contributed by atoms with van der Waals surface area (Å²) in [6.45, 7) is 6.39. The number of carboxylic acids is 1. The van der Waals surface area contributed by atoms with Crippen molar-refractivity contribution < 1.29 is 14.6 Å². The van der Waals surface area contributed by atoms with Gasteiger partial charge >= 0.3 is 5.97 Å². The molecule has 5 heteroatoms. The fourth-order valence-electron chi connectivity index (χ4n) is 1.75. The van der Waals surface area contributed by atoms with Gasteiger partial charge in [-0.2, -0.15) is 0 Å². The molecule has 1 aromatic heterocycles. The number of hydrogen-bond donors (Lipinski definition) is 1. The third-order valence-corrected chi connectivity index (χ3v) is 3.26. The van der Waals surface area contributed by atoms with Crippen LogP contribution in [0.25, 0.3) is 0 Å². The second-order valence-corrected chi connectivity index (χ2v) is 6.10. The van der Waals surface area contributed by atoms with Crippen LogP contribution in [0.3, 0.4) is 0 Å². The number of nitrogens with zero attached hydrogens (tertiary/aromatic N) is 1. The van der Waals surface area contributed by atoms with E-state index >= 15 is 0 Å². The van der Waals surface area contributed by atoms with Crippen LogP contribution in [-0.4, -0.2) is 16.1 Å². The van der Waals surface area contributed by atoms with Crippen molar-refractivity contribution in [3.8, 4) is 11.6 Å². The van der Waals surface area contributed by atoms with Crippen LogP contribution in [0.1, 0.15) is 36.7 Å². The Kier molecular flexibility index (Phi) is 4.19. The van der Waals surface area contributed by atoms with E-state index in [4.69, 9.17) is 21.4 Å². The molecule has 0 atom stereocenters. The number of rotatable bonds is 3. The monoisotopic (exact) mass is 305 g/mol. The molecular weight excluding hydrogens is 290 g/mol. The molecule has 1 heterocycles. The normalized spacial score (nSPS) is 11.2. The molecule has 0 amide bonds. The van der Waals surface area contributed by atoms with Gasteiger partial charge < -0.3 is 9.84 Å². The van der Waals surface area contributed by atoms with Crippen LogP contribution in [0.4, 0.5) is 0 Å². The first-order valence-electron chi connectivity index (χ1n) is 6.44. The second kappa shape index (κ2) is 5.74. The highest BCUT2D eigenvalue weighted by molar-refractivity contribution is 6.32. The first-order valence-corrected chi connectivity index (χ1v) is 6.82. The van der Waals surface area contributed by atoms with E-state index in [2.05, 4.69) is 25.8 Å². The lowest BCUT2D eigenvalue weighted by Gasteiger charge is -2.19. The number of carboxylic acid groups (broad SMARTS) is 1. The minimum atomic E-state index is -1.08. The molecule has 0 bridgehead atoms. The zero-order valence-corrected chi connectivity index (χ0v) is 12.8. The molecule has 4 nitrogen and oxygen atoms in total. The van der Waals surface area contributed by atoms with Gasteiger partial charge in [-0.25, -0.2) is 9.78 Å². The maximum atomic E-state index is 10.8. The lowest BCUT2D eigenvalue weighted by molar-refractivity contribution is 0.0696. The first kappa shape index (κ1) is 15.3. The molecule has 0 radical (unpaired) electrons. The van der Waals surface area contributed by atoms with E-state index in [1.807, 2.05) is 24.3 Å². The molecule has 0 fully saturated rings. The van der Waals surface area contributed by atoms with Gasteiger partial charge in [-0.05, 0) is 29.2 Å². The average Bonchev–Trinajstić information content (AvgIpc) is 2.40. The molecule has 0 unspecified atom stereocenters. The molecule has 2 aromatic rings. The number of halogens is 1. The quantitative estimate of drug-likeness (QED) is 0.905. The first-order chi connectivity index (χ1) is 9.77. The zero-order chi connectivity index (χ0) is 15.6. The highest BCUT2D eigenvalue weighted by atomic mass is 35.5. The third kappa shape index (κ3) is 3.73.